The highest BCUT2D eigenvalue weighted by Crippen LogP contribution is 2.46. The first kappa shape index (κ1) is 14.8. The van der Waals surface area contributed by atoms with E-state index in [1.54, 1.807) is 0 Å². The van der Waals surface area contributed by atoms with E-state index in [1.807, 2.05) is 0 Å². The second-order valence-electron chi connectivity index (χ2n) is 3.19. The van der Waals surface area contributed by atoms with Gasteiger partial charge in [0, 0.05) is 14.5 Å². The molecule has 0 spiro atoms. The van der Waals surface area contributed by atoms with Gasteiger partial charge in [-0.25, -0.2) is 0 Å². The molecule has 0 aromatic heterocycles. The smallest absolute Gasteiger partial charge is 0.382 e. The summed E-state index contributed by atoms with van der Waals surface area (Å²) in [5, 5.41) is 9.17. The average molecular weight is 384 g/mol. The van der Waals surface area contributed by atoms with Gasteiger partial charge in [0.25, 0.3) is 0 Å². The van der Waals surface area contributed by atoms with E-state index >= 15 is 0 Å². The van der Waals surface area contributed by atoms with Crippen molar-refractivity contribution in [2.24, 2.45) is 0 Å². The molecule has 1 unspecified atom stereocenters. The lowest BCUT2D eigenvalue weighted by atomic mass is 10.0. The highest BCUT2D eigenvalue weighted by Gasteiger charge is 2.62. The van der Waals surface area contributed by atoms with Crippen LogP contribution in [-0.4, -0.2) is 17.2 Å². The molecule has 0 bridgehead atoms. The lowest BCUT2D eigenvalue weighted by Crippen LogP contribution is -2.42. The molecule has 1 atom stereocenters. The van der Waals surface area contributed by atoms with Crippen molar-refractivity contribution < 1.29 is 27.1 Å². The van der Waals surface area contributed by atoms with E-state index in [4.69, 9.17) is 5.11 Å². The molecule has 1 N–H and O–H groups in total. The van der Waals surface area contributed by atoms with Crippen molar-refractivity contribution >= 4 is 31.9 Å². The summed E-state index contributed by atoms with van der Waals surface area (Å²) in [5.41, 5.74) is -0.540. The Balaban J connectivity index is 3.21. The minimum Gasteiger partial charge on any atom is -0.382 e. The summed E-state index contributed by atoms with van der Waals surface area (Å²) in [7, 11) is 0. The highest BCUT2D eigenvalue weighted by molar-refractivity contribution is 9.11. The van der Waals surface area contributed by atoms with Gasteiger partial charge in [-0.15, -0.1) is 0 Å². The van der Waals surface area contributed by atoms with E-state index in [1.165, 1.54) is 12.1 Å². The molecule has 0 radical (unpaired) electrons. The molecule has 0 saturated heterocycles. The van der Waals surface area contributed by atoms with Crippen LogP contribution in [0, 0.1) is 0 Å². The SMILES string of the molecule is OC(c1cc(Br)ccc1Br)C(F)(F)C(F)(F)F. The summed E-state index contributed by atoms with van der Waals surface area (Å²) in [6.45, 7) is 0. The third-order valence-electron chi connectivity index (χ3n) is 1.97. The number of aliphatic hydroxyl groups excluding tert-OH is 1. The lowest BCUT2D eigenvalue weighted by Gasteiger charge is -2.25. The first-order valence-electron chi connectivity index (χ1n) is 4.15. The van der Waals surface area contributed by atoms with Gasteiger partial charge >= 0.3 is 12.1 Å². The number of rotatable bonds is 2. The second-order valence-corrected chi connectivity index (χ2v) is 4.96. The van der Waals surface area contributed by atoms with Crippen molar-refractivity contribution in [2.45, 2.75) is 18.2 Å². The van der Waals surface area contributed by atoms with Crippen LogP contribution >= 0.6 is 31.9 Å². The first-order chi connectivity index (χ1) is 7.57. The number of hydrogen-bond donors (Lipinski definition) is 1. The van der Waals surface area contributed by atoms with Crippen molar-refractivity contribution in [1.82, 2.24) is 0 Å². The third kappa shape index (κ3) is 2.97. The molecular formula is C9H5Br2F5O. The molecule has 1 aromatic carbocycles. The first-order valence-corrected chi connectivity index (χ1v) is 5.73. The molecule has 0 amide bonds. The summed E-state index contributed by atoms with van der Waals surface area (Å²) in [6, 6.07) is 3.69. The maximum atomic E-state index is 12.9. The van der Waals surface area contributed by atoms with Gasteiger partial charge in [-0.1, -0.05) is 31.9 Å². The minimum absolute atomic E-state index is 0.0304. The second kappa shape index (κ2) is 4.81. The van der Waals surface area contributed by atoms with Crippen LogP contribution in [0.3, 0.4) is 0 Å². The van der Waals surface area contributed by atoms with E-state index in [0.29, 0.717) is 0 Å². The van der Waals surface area contributed by atoms with E-state index < -0.39 is 23.8 Å². The Morgan fingerprint density at radius 3 is 2.06 bits per heavy atom. The summed E-state index contributed by atoms with van der Waals surface area (Å²) in [5.74, 6) is -5.21. The van der Waals surface area contributed by atoms with Crippen molar-refractivity contribution in [1.29, 1.82) is 0 Å². The molecule has 1 nitrogen and oxygen atoms in total. The van der Waals surface area contributed by atoms with Gasteiger partial charge in [0.15, 0.2) is 6.10 Å². The maximum Gasteiger partial charge on any atom is 0.456 e. The zero-order valence-electron chi connectivity index (χ0n) is 7.90. The molecule has 1 rings (SSSR count). The van der Waals surface area contributed by atoms with Crippen molar-refractivity contribution in [3.63, 3.8) is 0 Å². The number of halogens is 7. The van der Waals surface area contributed by atoms with Crippen LogP contribution in [0.15, 0.2) is 27.1 Å². The largest absolute Gasteiger partial charge is 0.456 e. The van der Waals surface area contributed by atoms with Crippen LogP contribution in [-0.2, 0) is 0 Å². The molecule has 0 aliphatic heterocycles. The van der Waals surface area contributed by atoms with Crippen LogP contribution in [0.2, 0.25) is 0 Å². The predicted octanol–water partition coefficient (Wildman–Crippen LogP) is 4.44. The van der Waals surface area contributed by atoms with Crippen LogP contribution in [0.4, 0.5) is 22.0 Å². The monoisotopic (exact) mass is 382 g/mol. The van der Waals surface area contributed by atoms with E-state index in [0.717, 1.165) is 6.07 Å². The molecule has 8 heteroatoms. The molecule has 0 aliphatic carbocycles. The zero-order valence-corrected chi connectivity index (χ0v) is 11.1. The molecule has 0 saturated carbocycles. The number of aliphatic hydroxyl groups is 1. The molecule has 17 heavy (non-hydrogen) atoms. The normalized spacial score (nSPS) is 14.8. The molecule has 96 valence electrons. The Kier molecular flexibility index (Phi) is 4.20. The summed E-state index contributed by atoms with van der Waals surface area (Å²) in [4.78, 5) is 0. The third-order valence-corrected chi connectivity index (χ3v) is 3.19. The number of alkyl halides is 5. The van der Waals surface area contributed by atoms with Crippen LogP contribution in [0.1, 0.15) is 11.7 Å². The Morgan fingerprint density at radius 2 is 1.59 bits per heavy atom. The maximum absolute atomic E-state index is 12.9. The van der Waals surface area contributed by atoms with E-state index in [2.05, 4.69) is 31.9 Å². The van der Waals surface area contributed by atoms with Gasteiger partial charge in [0.1, 0.15) is 0 Å². The predicted molar refractivity (Wildman–Crippen MR) is 57.8 cm³/mol. The molecular weight excluding hydrogens is 379 g/mol. The Labute approximate surface area is 110 Å². The Hall–Kier alpha value is -0.210. The fourth-order valence-electron chi connectivity index (χ4n) is 1.07. The van der Waals surface area contributed by atoms with E-state index in [-0.39, 0.29) is 8.95 Å². The van der Waals surface area contributed by atoms with Crippen LogP contribution < -0.4 is 0 Å². The Morgan fingerprint density at radius 1 is 1.06 bits per heavy atom. The van der Waals surface area contributed by atoms with Gasteiger partial charge in [-0.2, -0.15) is 22.0 Å². The van der Waals surface area contributed by atoms with Gasteiger partial charge in [0.05, 0.1) is 0 Å². The highest BCUT2D eigenvalue weighted by atomic mass is 79.9. The van der Waals surface area contributed by atoms with Crippen molar-refractivity contribution in [3.8, 4) is 0 Å². The average Bonchev–Trinajstić information content (AvgIpc) is 2.19. The summed E-state index contributed by atoms with van der Waals surface area (Å²) in [6.07, 6.45) is -8.77. The fourth-order valence-corrected chi connectivity index (χ4v) is 1.92. The topological polar surface area (TPSA) is 20.2 Å². The molecule has 0 fully saturated rings. The van der Waals surface area contributed by atoms with Crippen molar-refractivity contribution in [2.75, 3.05) is 0 Å². The summed E-state index contributed by atoms with van der Waals surface area (Å²) < 4.78 is 62.3. The molecule has 0 aliphatic rings. The lowest BCUT2D eigenvalue weighted by molar-refractivity contribution is -0.315. The summed E-state index contributed by atoms with van der Waals surface area (Å²) >= 11 is 5.73. The minimum atomic E-state index is -5.81. The number of hydrogen-bond acceptors (Lipinski definition) is 1. The zero-order chi connectivity index (χ0) is 13.4. The van der Waals surface area contributed by atoms with Gasteiger partial charge < -0.3 is 5.11 Å². The van der Waals surface area contributed by atoms with Crippen LogP contribution in [0.25, 0.3) is 0 Å². The molecule has 1 aromatic rings. The van der Waals surface area contributed by atoms with Gasteiger partial charge in [0.2, 0.25) is 0 Å². The standard InChI is InChI=1S/C9H5Br2F5O/c10-4-1-2-6(11)5(3-4)7(17)8(12,13)9(14,15)16/h1-3,7,17H. The van der Waals surface area contributed by atoms with Crippen molar-refractivity contribution in [3.05, 3.63) is 32.7 Å². The van der Waals surface area contributed by atoms with Gasteiger partial charge in [-0.3, -0.25) is 0 Å². The number of benzene rings is 1. The Bertz CT molecular complexity index is 418. The fraction of sp³-hybridized carbons (Fsp3) is 0.333. The molecule has 0 heterocycles. The van der Waals surface area contributed by atoms with Gasteiger partial charge in [-0.05, 0) is 18.2 Å². The quantitative estimate of drug-likeness (QED) is 0.748. The van der Waals surface area contributed by atoms with Crippen LogP contribution in [0.5, 0.6) is 0 Å². The van der Waals surface area contributed by atoms with E-state index in [9.17, 15) is 22.0 Å².